The molecule has 2 fully saturated rings. The lowest BCUT2D eigenvalue weighted by Gasteiger charge is -2.30. The van der Waals surface area contributed by atoms with Gasteiger partial charge in [-0.3, -0.25) is 9.48 Å². The molecule has 0 saturated carbocycles. The largest absolute Gasteiger partial charge is 0.432 e. The fraction of sp³-hybridized carbons (Fsp3) is 0.654. The number of hydrogen-bond donors (Lipinski definition) is 4. The summed E-state index contributed by atoms with van der Waals surface area (Å²) >= 11 is 0. The van der Waals surface area contributed by atoms with Gasteiger partial charge in [-0.05, 0) is 75.4 Å². The van der Waals surface area contributed by atoms with Crippen molar-refractivity contribution in [2.24, 2.45) is 5.92 Å². The Kier molecular flexibility index (Phi) is 8.95. The minimum atomic E-state index is -2.44. The molecular weight excluding hydrogens is 474 g/mol. The van der Waals surface area contributed by atoms with Gasteiger partial charge < -0.3 is 25.3 Å². The first-order valence-corrected chi connectivity index (χ1v) is 16.3. The lowest BCUT2D eigenvalue weighted by Crippen LogP contribution is -2.40. The lowest BCUT2D eigenvalue weighted by atomic mass is 9.95. The molecular formula is C26H41N5O4Si. The van der Waals surface area contributed by atoms with Crippen LogP contribution in [0, 0.1) is 5.92 Å². The molecule has 2 saturated heterocycles. The molecule has 0 spiro atoms. The quantitative estimate of drug-likeness (QED) is 0.339. The third-order valence-electron chi connectivity index (χ3n) is 7.60. The Morgan fingerprint density at radius 1 is 1.28 bits per heavy atom. The number of anilines is 1. The number of benzene rings is 1. The molecule has 4 N–H and O–H groups in total. The number of aliphatic hydroxyl groups excluding tert-OH is 1. The zero-order valence-electron chi connectivity index (χ0n) is 21.7. The molecule has 0 bridgehead atoms. The van der Waals surface area contributed by atoms with Crippen LogP contribution in [0.4, 0.5) is 5.69 Å². The van der Waals surface area contributed by atoms with Gasteiger partial charge in [-0.2, -0.15) is 0 Å². The number of ether oxygens (including phenoxy) is 1. The third-order valence-corrected chi connectivity index (χ3v) is 10.1. The number of nitrogens with one attached hydrogen (secondary N) is 2. The van der Waals surface area contributed by atoms with E-state index in [2.05, 4.69) is 40.0 Å². The molecule has 2 aromatic rings. The van der Waals surface area contributed by atoms with Gasteiger partial charge >= 0.3 is 0 Å². The van der Waals surface area contributed by atoms with E-state index < -0.39 is 8.32 Å². The molecule has 3 heterocycles. The number of nitrogens with zero attached hydrogens (tertiary/aromatic N) is 3. The number of aryl methyl sites for hydroxylation is 2. The number of carbonyl (C=O) groups excluding carboxylic acids is 1. The topological polar surface area (TPSA) is 122 Å². The molecule has 5 atom stereocenters. The second kappa shape index (κ2) is 12.0. The van der Waals surface area contributed by atoms with E-state index in [1.165, 1.54) is 5.56 Å². The van der Waals surface area contributed by atoms with Crippen LogP contribution in [0.25, 0.3) is 0 Å². The van der Waals surface area contributed by atoms with E-state index in [0.717, 1.165) is 50.0 Å². The second-order valence-electron chi connectivity index (χ2n) is 10.9. The maximum atomic E-state index is 12.5. The highest BCUT2D eigenvalue weighted by molar-refractivity contribution is 6.71. The van der Waals surface area contributed by atoms with Gasteiger partial charge in [0.1, 0.15) is 0 Å². The molecule has 10 heteroatoms. The van der Waals surface area contributed by atoms with Gasteiger partial charge in [0.15, 0.2) is 8.32 Å². The van der Waals surface area contributed by atoms with Gasteiger partial charge in [0.25, 0.3) is 0 Å². The summed E-state index contributed by atoms with van der Waals surface area (Å²) in [6.45, 7) is 7.85. The van der Waals surface area contributed by atoms with Crippen LogP contribution in [0.1, 0.15) is 43.9 Å². The van der Waals surface area contributed by atoms with Crippen molar-refractivity contribution in [1.29, 1.82) is 0 Å². The van der Waals surface area contributed by atoms with Crippen LogP contribution in [0.3, 0.4) is 0 Å². The van der Waals surface area contributed by atoms with E-state index >= 15 is 0 Å². The van der Waals surface area contributed by atoms with Crippen molar-refractivity contribution in [3.05, 3.63) is 41.7 Å². The number of aliphatic hydroxyl groups is 1. The Labute approximate surface area is 214 Å². The van der Waals surface area contributed by atoms with Crippen molar-refractivity contribution in [1.82, 2.24) is 20.3 Å². The highest BCUT2D eigenvalue weighted by atomic mass is 28.4. The zero-order valence-corrected chi connectivity index (χ0v) is 22.7. The van der Waals surface area contributed by atoms with Crippen LogP contribution in [-0.2, 0) is 28.9 Å². The minimum absolute atomic E-state index is 0.0216. The summed E-state index contributed by atoms with van der Waals surface area (Å²) in [5.74, 6) is 0.299. The molecule has 0 unspecified atom stereocenters. The van der Waals surface area contributed by atoms with Crippen molar-refractivity contribution in [2.45, 2.75) is 88.9 Å². The predicted molar refractivity (Wildman–Crippen MR) is 141 cm³/mol. The van der Waals surface area contributed by atoms with Crippen molar-refractivity contribution < 1.29 is 19.4 Å². The smallest absolute Gasteiger partial charge is 0.241 e. The summed E-state index contributed by atoms with van der Waals surface area (Å²) in [4.78, 5) is 23.6. The van der Waals surface area contributed by atoms with Crippen molar-refractivity contribution in [2.75, 3.05) is 18.5 Å². The number of aromatic nitrogens is 3. The van der Waals surface area contributed by atoms with Crippen LogP contribution in [-0.4, -0.2) is 70.5 Å². The van der Waals surface area contributed by atoms with Gasteiger partial charge in [0, 0.05) is 37.0 Å². The summed E-state index contributed by atoms with van der Waals surface area (Å²) in [5, 5.41) is 23.7. The Morgan fingerprint density at radius 2 is 2.11 bits per heavy atom. The Balaban J connectivity index is 1.34. The normalized spacial score (nSPS) is 26.4. The highest BCUT2D eigenvalue weighted by Crippen LogP contribution is 2.45. The molecule has 0 aliphatic carbocycles. The van der Waals surface area contributed by atoms with Gasteiger partial charge in [0.05, 0.1) is 23.9 Å². The predicted octanol–water partition coefficient (Wildman–Crippen LogP) is 2.50. The summed E-state index contributed by atoms with van der Waals surface area (Å²) in [6.07, 6.45) is 6.82. The molecule has 2 aliphatic rings. The Morgan fingerprint density at radius 3 is 2.83 bits per heavy atom. The van der Waals surface area contributed by atoms with Crippen molar-refractivity contribution in [3.8, 4) is 0 Å². The average molecular weight is 516 g/mol. The summed E-state index contributed by atoms with van der Waals surface area (Å²) in [7, 11) is -2.44. The first-order valence-electron chi connectivity index (χ1n) is 13.3. The Hall–Kier alpha value is -2.11. The minimum Gasteiger partial charge on any atom is -0.432 e. The molecule has 2 aliphatic heterocycles. The van der Waals surface area contributed by atoms with E-state index in [1.807, 2.05) is 31.4 Å². The van der Waals surface area contributed by atoms with Gasteiger partial charge in [0.2, 0.25) is 5.91 Å². The van der Waals surface area contributed by atoms with Gasteiger partial charge in [-0.15, -0.1) is 5.10 Å². The second-order valence-corrected chi connectivity index (χ2v) is 14.8. The molecule has 198 valence electrons. The van der Waals surface area contributed by atoms with Crippen molar-refractivity contribution >= 4 is 19.9 Å². The molecule has 1 amide bonds. The highest BCUT2D eigenvalue weighted by Gasteiger charge is 2.49. The van der Waals surface area contributed by atoms with Crippen LogP contribution >= 0.6 is 0 Å². The molecule has 36 heavy (non-hydrogen) atoms. The van der Waals surface area contributed by atoms with E-state index in [4.69, 9.17) is 9.84 Å². The maximum absolute atomic E-state index is 12.5. The summed E-state index contributed by atoms with van der Waals surface area (Å²) in [6, 6.07) is 7.98. The number of hydrogen-bond acceptors (Lipinski definition) is 7. The average Bonchev–Trinajstić information content (AvgIpc) is 3.57. The molecule has 4 rings (SSSR count). The van der Waals surface area contributed by atoms with E-state index in [1.54, 1.807) is 4.68 Å². The van der Waals surface area contributed by atoms with E-state index in [-0.39, 0.29) is 42.2 Å². The summed E-state index contributed by atoms with van der Waals surface area (Å²) < 4.78 is 8.37. The lowest BCUT2D eigenvalue weighted by molar-refractivity contribution is -0.117. The summed E-state index contributed by atoms with van der Waals surface area (Å²) in [5.41, 5.74) is 2.93. The number of rotatable bonds is 11. The third kappa shape index (κ3) is 6.80. The Bertz CT molecular complexity index is 1000. The van der Waals surface area contributed by atoms with Gasteiger partial charge in [-0.25, -0.2) is 0 Å². The first kappa shape index (κ1) is 26.9. The van der Waals surface area contributed by atoms with Crippen LogP contribution in [0.15, 0.2) is 30.5 Å². The fourth-order valence-corrected chi connectivity index (χ4v) is 8.52. The van der Waals surface area contributed by atoms with Crippen molar-refractivity contribution in [3.63, 3.8) is 0 Å². The monoisotopic (exact) mass is 515 g/mol. The van der Waals surface area contributed by atoms with Gasteiger partial charge in [-0.1, -0.05) is 24.3 Å². The van der Waals surface area contributed by atoms with E-state index in [0.29, 0.717) is 13.0 Å². The van der Waals surface area contributed by atoms with Crippen LogP contribution in [0.2, 0.25) is 18.6 Å². The first-order chi connectivity index (χ1) is 17.2. The molecule has 9 nitrogen and oxygen atoms in total. The fourth-order valence-electron chi connectivity index (χ4n) is 5.87. The maximum Gasteiger partial charge on any atom is 0.241 e. The van der Waals surface area contributed by atoms with Crippen LogP contribution < -0.4 is 10.6 Å². The molecule has 1 aromatic carbocycles. The zero-order chi connectivity index (χ0) is 25.7. The number of amides is 1. The molecule has 1 aromatic heterocycles. The standard InChI is InChI=1S/C26H41N5O4Si/c1-18-23(10-9-19-6-4-7-20(16-19)28-26(33)22-8-5-13-27-22)35-24(25(18)36(2,3)34)11-14-31-17-21(12-15-32)29-30-31/h4,6-7,16-18,22-25,27,32,34H,5,8-15H2,1-3H3,(H,28,33)/t18-,22-,23+,24-,25+/m1/s1. The number of carbonyl (C=O) groups is 1. The van der Waals surface area contributed by atoms with E-state index in [9.17, 15) is 9.59 Å². The SMILES string of the molecule is C[C@H]1[C@H]([Si](C)(C)O)[C@@H](CCn2cc(CCO)nn2)O[C@H]1CCc1cccc(NC(=O)[C@H]2CCCN2)c1. The molecule has 0 radical (unpaired) electrons. The van der Waals surface area contributed by atoms with Crippen LogP contribution in [0.5, 0.6) is 0 Å².